The molecule has 1 aromatic carbocycles. The van der Waals surface area contributed by atoms with Crippen molar-refractivity contribution in [3.8, 4) is 5.75 Å². The first-order chi connectivity index (χ1) is 13.5. The Morgan fingerprint density at radius 2 is 2.00 bits per heavy atom. The molecule has 28 heavy (non-hydrogen) atoms. The minimum absolute atomic E-state index is 0.668. The molecule has 2 heterocycles. The second-order valence-electron chi connectivity index (χ2n) is 8.63. The molecule has 5 heteroatoms. The Balaban J connectivity index is 1.51. The lowest BCUT2D eigenvalue weighted by Crippen LogP contribution is -2.39. The van der Waals surface area contributed by atoms with Gasteiger partial charge < -0.3 is 9.72 Å². The van der Waals surface area contributed by atoms with E-state index in [2.05, 4.69) is 58.7 Å². The van der Waals surface area contributed by atoms with Gasteiger partial charge in [-0.25, -0.2) is 4.98 Å². The number of imidazole rings is 1. The van der Waals surface area contributed by atoms with Crippen LogP contribution in [0.25, 0.3) is 0 Å². The molecule has 154 valence electrons. The molecule has 1 aliphatic rings. The zero-order chi connectivity index (χ0) is 19.9. The van der Waals surface area contributed by atoms with E-state index in [1.165, 1.54) is 24.9 Å². The molecule has 5 nitrogen and oxygen atoms in total. The highest BCUT2D eigenvalue weighted by Gasteiger charge is 2.23. The van der Waals surface area contributed by atoms with Gasteiger partial charge in [-0.05, 0) is 50.8 Å². The van der Waals surface area contributed by atoms with Gasteiger partial charge in [0.1, 0.15) is 11.6 Å². The maximum absolute atomic E-state index is 5.51. The van der Waals surface area contributed by atoms with Crippen molar-refractivity contribution in [2.24, 2.45) is 11.8 Å². The lowest BCUT2D eigenvalue weighted by atomic mass is 9.95. The van der Waals surface area contributed by atoms with E-state index in [4.69, 9.17) is 4.74 Å². The van der Waals surface area contributed by atoms with Crippen LogP contribution in [0.3, 0.4) is 0 Å². The summed E-state index contributed by atoms with van der Waals surface area (Å²) in [5, 5.41) is 0. The third-order valence-corrected chi connectivity index (χ3v) is 5.56. The highest BCUT2D eigenvalue weighted by atomic mass is 16.5. The van der Waals surface area contributed by atoms with E-state index >= 15 is 0 Å². The molecule has 0 spiro atoms. The van der Waals surface area contributed by atoms with Gasteiger partial charge in [0, 0.05) is 37.1 Å². The van der Waals surface area contributed by atoms with E-state index in [-0.39, 0.29) is 0 Å². The minimum atomic E-state index is 0.668. The number of likely N-dealkylation sites (tertiary alicyclic amines) is 1. The standard InChI is InChI=1S/C23H36N4O/c1-18(2)14-27(17-23-24-13-19(3)25-23)15-20-9-11-26(12-10-20)16-21-7-5-6-8-22(21)28-4/h5-8,13,18,20H,9-12,14-17H2,1-4H3,(H,24,25). The number of rotatable bonds is 9. The van der Waals surface area contributed by atoms with Crippen LogP contribution in [0.2, 0.25) is 0 Å². The Labute approximate surface area is 170 Å². The summed E-state index contributed by atoms with van der Waals surface area (Å²) >= 11 is 0. The molecule has 1 N–H and O–H groups in total. The number of ether oxygens (including phenoxy) is 1. The monoisotopic (exact) mass is 384 g/mol. The number of H-pyrrole nitrogens is 1. The zero-order valence-corrected chi connectivity index (χ0v) is 17.9. The summed E-state index contributed by atoms with van der Waals surface area (Å²) in [6, 6.07) is 8.38. The van der Waals surface area contributed by atoms with Crippen LogP contribution in [0.5, 0.6) is 5.75 Å². The minimum Gasteiger partial charge on any atom is -0.496 e. The van der Waals surface area contributed by atoms with E-state index in [1.807, 2.05) is 12.3 Å². The molecular formula is C23H36N4O. The van der Waals surface area contributed by atoms with Gasteiger partial charge in [-0.3, -0.25) is 9.80 Å². The second-order valence-corrected chi connectivity index (χ2v) is 8.63. The third-order valence-electron chi connectivity index (χ3n) is 5.56. The van der Waals surface area contributed by atoms with Gasteiger partial charge in [0.2, 0.25) is 0 Å². The normalized spacial score (nSPS) is 16.2. The van der Waals surface area contributed by atoms with Crippen LogP contribution < -0.4 is 4.74 Å². The van der Waals surface area contributed by atoms with Crippen molar-refractivity contribution < 1.29 is 4.74 Å². The molecule has 1 saturated heterocycles. The summed E-state index contributed by atoms with van der Waals surface area (Å²) in [4.78, 5) is 13.1. The second kappa shape index (κ2) is 10.1. The molecule has 2 aromatic rings. The number of para-hydroxylation sites is 1. The number of aryl methyl sites for hydroxylation is 1. The van der Waals surface area contributed by atoms with Crippen LogP contribution in [-0.2, 0) is 13.1 Å². The number of methoxy groups -OCH3 is 1. The van der Waals surface area contributed by atoms with Gasteiger partial charge >= 0.3 is 0 Å². The number of nitrogens with zero attached hydrogens (tertiary/aromatic N) is 3. The smallest absolute Gasteiger partial charge is 0.123 e. The topological polar surface area (TPSA) is 44.4 Å². The van der Waals surface area contributed by atoms with Crippen LogP contribution in [0, 0.1) is 18.8 Å². The van der Waals surface area contributed by atoms with Crippen molar-refractivity contribution in [3.05, 3.63) is 47.5 Å². The molecule has 1 aliphatic heterocycles. The number of benzene rings is 1. The number of nitrogens with one attached hydrogen (secondary N) is 1. The predicted molar refractivity (Wildman–Crippen MR) is 114 cm³/mol. The first kappa shape index (κ1) is 20.9. The summed E-state index contributed by atoms with van der Waals surface area (Å²) in [5.41, 5.74) is 2.43. The SMILES string of the molecule is COc1ccccc1CN1CCC(CN(Cc2ncc(C)[nH]2)CC(C)C)CC1. The van der Waals surface area contributed by atoms with Crippen molar-refractivity contribution in [1.82, 2.24) is 19.8 Å². The Bertz CT molecular complexity index is 719. The summed E-state index contributed by atoms with van der Waals surface area (Å²) in [6.45, 7) is 13.2. The Morgan fingerprint density at radius 1 is 1.25 bits per heavy atom. The summed E-state index contributed by atoms with van der Waals surface area (Å²) in [6.07, 6.45) is 4.46. The van der Waals surface area contributed by atoms with Gasteiger partial charge in [0.05, 0.1) is 13.7 Å². The third kappa shape index (κ3) is 6.08. The number of piperidine rings is 1. The average molecular weight is 385 g/mol. The predicted octanol–water partition coefficient (Wildman–Crippen LogP) is 4.10. The molecule has 1 aromatic heterocycles. The molecular weight excluding hydrogens is 348 g/mol. The maximum Gasteiger partial charge on any atom is 0.123 e. The summed E-state index contributed by atoms with van der Waals surface area (Å²) in [5.74, 6) is 3.53. The van der Waals surface area contributed by atoms with Crippen LogP contribution in [0.1, 0.15) is 43.8 Å². The highest BCUT2D eigenvalue weighted by molar-refractivity contribution is 5.33. The van der Waals surface area contributed by atoms with E-state index in [0.29, 0.717) is 5.92 Å². The summed E-state index contributed by atoms with van der Waals surface area (Å²) in [7, 11) is 1.76. The molecule has 0 bridgehead atoms. The quantitative estimate of drug-likeness (QED) is 0.707. The van der Waals surface area contributed by atoms with Crippen molar-refractivity contribution in [1.29, 1.82) is 0 Å². The van der Waals surface area contributed by atoms with Gasteiger partial charge in [0.15, 0.2) is 0 Å². The van der Waals surface area contributed by atoms with Crippen molar-refractivity contribution in [2.75, 3.05) is 33.3 Å². The largest absolute Gasteiger partial charge is 0.496 e. The molecule has 0 atom stereocenters. The van der Waals surface area contributed by atoms with E-state index in [9.17, 15) is 0 Å². The number of hydrogen-bond acceptors (Lipinski definition) is 4. The fourth-order valence-corrected chi connectivity index (χ4v) is 4.25. The Hall–Kier alpha value is -1.85. The summed E-state index contributed by atoms with van der Waals surface area (Å²) < 4.78 is 5.51. The van der Waals surface area contributed by atoms with Gasteiger partial charge in [0.25, 0.3) is 0 Å². The van der Waals surface area contributed by atoms with Crippen LogP contribution in [0.15, 0.2) is 30.5 Å². The van der Waals surface area contributed by atoms with Crippen LogP contribution >= 0.6 is 0 Å². The van der Waals surface area contributed by atoms with Gasteiger partial charge in [-0.15, -0.1) is 0 Å². The molecule has 3 rings (SSSR count). The fourth-order valence-electron chi connectivity index (χ4n) is 4.25. The fraction of sp³-hybridized carbons (Fsp3) is 0.609. The molecule has 1 fully saturated rings. The molecule has 0 aliphatic carbocycles. The Morgan fingerprint density at radius 3 is 2.64 bits per heavy atom. The van der Waals surface area contributed by atoms with Crippen molar-refractivity contribution in [2.45, 2.75) is 46.7 Å². The molecule has 0 amide bonds. The lowest BCUT2D eigenvalue weighted by molar-refractivity contribution is 0.127. The molecule has 0 radical (unpaired) electrons. The highest BCUT2D eigenvalue weighted by Crippen LogP contribution is 2.24. The molecule has 0 saturated carbocycles. The van der Waals surface area contributed by atoms with E-state index in [1.54, 1.807) is 7.11 Å². The van der Waals surface area contributed by atoms with Gasteiger partial charge in [-0.2, -0.15) is 0 Å². The number of aromatic nitrogens is 2. The van der Waals surface area contributed by atoms with E-state index < -0.39 is 0 Å². The van der Waals surface area contributed by atoms with Crippen molar-refractivity contribution in [3.63, 3.8) is 0 Å². The maximum atomic E-state index is 5.51. The lowest BCUT2D eigenvalue weighted by Gasteiger charge is -2.35. The number of hydrogen-bond donors (Lipinski definition) is 1. The van der Waals surface area contributed by atoms with Gasteiger partial charge in [-0.1, -0.05) is 32.0 Å². The number of aromatic amines is 1. The van der Waals surface area contributed by atoms with Crippen LogP contribution in [-0.4, -0.2) is 53.1 Å². The first-order valence-electron chi connectivity index (χ1n) is 10.6. The Kier molecular flexibility index (Phi) is 7.51. The molecule has 0 unspecified atom stereocenters. The zero-order valence-electron chi connectivity index (χ0n) is 17.9. The van der Waals surface area contributed by atoms with E-state index in [0.717, 1.165) is 55.9 Å². The first-order valence-corrected chi connectivity index (χ1v) is 10.6. The van der Waals surface area contributed by atoms with Crippen molar-refractivity contribution >= 4 is 0 Å². The average Bonchev–Trinajstić information content (AvgIpc) is 3.08. The van der Waals surface area contributed by atoms with Crippen LogP contribution in [0.4, 0.5) is 0 Å².